The molecule has 0 radical (unpaired) electrons. The second-order valence-corrected chi connectivity index (χ2v) is 6.93. The highest BCUT2D eigenvalue weighted by molar-refractivity contribution is 5.79. The van der Waals surface area contributed by atoms with Crippen LogP contribution in [0.1, 0.15) is 11.1 Å². The van der Waals surface area contributed by atoms with E-state index in [1.54, 1.807) is 7.05 Å². The van der Waals surface area contributed by atoms with Crippen molar-refractivity contribution in [1.29, 1.82) is 0 Å². The van der Waals surface area contributed by atoms with Crippen molar-refractivity contribution in [2.45, 2.75) is 13.1 Å². The van der Waals surface area contributed by atoms with Crippen LogP contribution in [-0.2, 0) is 17.8 Å². The lowest BCUT2D eigenvalue weighted by molar-refractivity contribution is 0.0341. The van der Waals surface area contributed by atoms with Crippen molar-refractivity contribution in [2.75, 3.05) is 46.5 Å². The molecule has 2 N–H and O–H groups in total. The Morgan fingerprint density at radius 1 is 1.10 bits per heavy atom. The third kappa shape index (κ3) is 6.67. The molecule has 0 spiro atoms. The van der Waals surface area contributed by atoms with Crippen LogP contribution in [0.2, 0.25) is 0 Å². The molecule has 1 saturated heterocycles. The highest BCUT2D eigenvalue weighted by Gasteiger charge is 2.13. The Morgan fingerprint density at radius 2 is 1.87 bits per heavy atom. The number of hydrogen-bond donors (Lipinski definition) is 2. The first-order valence-corrected chi connectivity index (χ1v) is 10.0. The minimum absolute atomic E-state index is 0.0261. The fourth-order valence-corrected chi connectivity index (χ4v) is 3.21. The molecule has 1 fully saturated rings. The van der Waals surface area contributed by atoms with Crippen LogP contribution in [0.5, 0.6) is 5.75 Å². The van der Waals surface area contributed by atoms with Gasteiger partial charge in [-0.15, -0.1) is 0 Å². The maximum Gasteiger partial charge on any atom is 0.191 e. The number of aliphatic imine (C=N–C) groups is 1. The minimum atomic E-state index is -0.714. The van der Waals surface area contributed by atoms with Crippen LogP contribution in [0, 0.1) is 11.6 Å². The van der Waals surface area contributed by atoms with E-state index in [2.05, 4.69) is 38.7 Å². The van der Waals surface area contributed by atoms with E-state index < -0.39 is 11.6 Å². The molecule has 0 saturated carbocycles. The molecule has 0 aromatic heterocycles. The number of halogens is 2. The normalized spacial score (nSPS) is 15.1. The van der Waals surface area contributed by atoms with Crippen molar-refractivity contribution < 1.29 is 18.3 Å². The summed E-state index contributed by atoms with van der Waals surface area (Å²) in [7, 11) is 1.69. The van der Waals surface area contributed by atoms with Gasteiger partial charge in [0.05, 0.1) is 19.8 Å². The molecule has 0 unspecified atom stereocenters. The summed E-state index contributed by atoms with van der Waals surface area (Å²) in [4.78, 5) is 6.60. The van der Waals surface area contributed by atoms with Gasteiger partial charge in [-0.1, -0.05) is 24.3 Å². The van der Waals surface area contributed by atoms with E-state index in [4.69, 9.17) is 9.47 Å². The van der Waals surface area contributed by atoms with Crippen LogP contribution in [0.15, 0.2) is 47.5 Å². The van der Waals surface area contributed by atoms with Gasteiger partial charge in [-0.2, -0.15) is 0 Å². The zero-order valence-corrected chi connectivity index (χ0v) is 17.2. The predicted molar refractivity (Wildman–Crippen MR) is 113 cm³/mol. The van der Waals surface area contributed by atoms with E-state index in [0.29, 0.717) is 19.0 Å². The average Bonchev–Trinajstić information content (AvgIpc) is 2.76. The van der Waals surface area contributed by atoms with Gasteiger partial charge in [0.15, 0.2) is 17.5 Å². The molecule has 8 heteroatoms. The fourth-order valence-electron chi connectivity index (χ4n) is 3.21. The maximum absolute atomic E-state index is 13.6. The molecule has 1 heterocycles. The highest BCUT2D eigenvalue weighted by Crippen LogP contribution is 2.17. The summed E-state index contributed by atoms with van der Waals surface area (Å²) in [6, 6.07) is 11.6. The Hall–Kier alpha value is -2.71. The Morgan fingerprint density at radius 3 is 2.60 bits per heavy atom. The van der Waals surface area contributed by atoms with Crippen molar-refractivity contribution >= 4 is 5.96 Å². The molecule has 2 aromatic rings. The van der Waals surface area contributed by atoms with Crippen molar-refractivity contribution in [3.8, 4) is 5.75 Å². The molecule has 6 nitrogen and oxygen atoms in total. The average molecular weight is 418 g/mol. The van der Waals surface area contributed by atoms with Crippen molar-refractivity contribution in [2.24, 2.45) is 4.99 Å². The number of rotatable bonds is 8. The van der Waals surface area contributed by atoms with Crippen molar-refractivity contribution in [3.63, 3.8) is 0 Å². The van der Waals surface area contributed by atoms with Gasteiger partial charge in [0.2, 0.25) is 0 Å². The SMILES string of the molecule is CN=C(NCCOc1ccc(F)cc1F)NCc1ccccc1CN1CCOCC1. The number of morpholine rings is 1. The zero-order valence-electron chi connectivity index (χ0n) is 17.2. The monoisotopic (exact) mass is 418 g/mol. The summed E-state index contributed by atoms with van der Waals surface area (Å²) >= 11 is 0. The first-order chi connectivity index (χ1) is 14.7. The first-order valence-electron chi connectivity index (χ1n) is 10.0. The van der Waals surface area contributed by atoms with Gasteiger partial charge in [-0.25, -0.2) is 8.78 Å². The van der Waals surface area contributed by atoms with Gasteiger partial charge in [0.25, 0.3) is 0 Å². The number of hydrogen-bond acceptors (Lipinski definition) is 4. The molecule has 0 aliphatic carbocycles. The summed E-state index contributed by atoms with van der Waals surface area (Å²) in [5, 5.41) is 6.43. The summed E-state index contributed by atoms with van der Waals surface area (Å²) in [6.07, 6.45) is 0. The third-order valence-electron chi connectivity index (χ3n) is 4.83. The van der Waals surface area contributed by atoms with E-state index in [9.17, 15) is 8.78 Å². The third-order valence-corrected chi connectivity index (χ3v) is 4.83. The van der Waals surface area contributed by atoms with Gasteiger partial charge in [0.1, 0.15) is 12.4 Å². The maximum atomic E-state index is 13.6. The van der Waals surface area contributed by atoms with E-state index in [1.165, 1.54) is 23.3 Å². The Labute approximate surface area is 175 Å². The largest absolute Gasteiger partial charge is 0.489 e. The summed E-state index contributed by atoms with van der Waals surface area (Å²) < 4.78 is 37.3. The standard InChI is InChI=1S/C22H28F2N4O2/c1-25-22(26-8-11-30-21-7-6-19(23)14-20(21)24)27-15-17-4-2-3-5-18(17)16-28-9-12-29-13-10-28/h2-7,14H,8-13,15-16H2,1H3,(H2,25,26,27). The number of benzene rings is 2. The molecule has 162 valence electrons. The van der Waals surface area contributed by atoms with Crippen LogP contribution in [0.25, 0.3) is 0 Å². The van der Waals surface area contributed by atoms with Crippen molar-refractivity contribution in [1.82, 2.24) is 15.5 Å². The van der Waals surface area contributed by atoms with Gasteiger partial charge in [-0.05, 0) is 23.3 Å². The molecular weight excluding hydrogens is 390 g/mol. The molecule has 1 aliphatic heterocycles. The predicted octanol–water partition coefficient (Wildman–Crippen LogP) is 2.54. The summed E-state index contributed by atoms with van der Waals surface area (Å²) in [5.74, 6) is -0.691. The Balaban J connectivity index is 1.45. The van der Waals surface area contributed by atoms with Gasteiger partial charge < -0.3 is 20.1 Å². The van der Waals surface area contributed by atoms with Crippen LogP contribution in [0.4, 0.5) is 8.78 Å². The molecule has 3 rings (SSSR count). The molecule has 0 bridgehead atoms. The highest BCUT2D eigenvalue weighted by atomic mass is 19.1. The summed E-state index contributed by atoms with van der Waals surface area (Å²) in [6.45, 7) is 5.61. The van der Waals surface area contributed by atoms with Crippen LogP contribution in [-0.4, -0.2) is 57.4 Å². The second kappa shape index (κ2) is 11.5. The van der Waals surface area contributed by atoms with Gasteiger partial charge in [0, 0.05) is 39.3 Å². The lowest BCUT2D eigenvalue weighted by atomic mass is 10.1. The molecule has 2 aromatic carbocycles. The second-order valence-electron chi connectivity index (χ2n) is 6.93. The molecule has 0 atom stereocenters. The Kier molecular flexibility index (Phi) is 8.41. The number of guanidine groups is 1. The smallest absolute Gasteiger partial charge is 0.191 e. The minimum Gasteiger partial charge on any atom is -0.489 e. The van der Waals surface area contributed by atoms with E-state index in [-0.39, 0.29) is 12.4 Å². The number of nitrogens with zero attached hydrogens (tertiary/aromatic N) is 2. The van der Waals surface area contributed by atoms with E-state index >= 15 is 0 Å². The fraction of sp³-hybridized carbons (Fsp3) is 0.409. The first kappa shape index (κ1) is 22.0. The van der Waals surface area contributed by atoms with Gasteiger partial charge >= 0.3 is 0 Å². The van der Waals surface area contributed by atoms with E-state index in [1.807, 2.05) is 6.07 Å². The quantitative estimate of drug-likeness (QED) is 0.392. The van der Waals surface area contributed by atoms with Crippen LogP contribution in [0.3, 0.4) is 0 Å². The topological polar surface area (TPSA) is 58.1 Å². The number of ether oxygens (including phenoxy) is 2. The summed E-state index contributed by atoms with van der Waals surface area (Å²) in [5.41, 5.74) is 2.48. The van der Waals surface area contributed by atoms with Crippen molar-refractivity contribution in [3.05, 3.63) is 65.2 Å². The zero-order chi connectivity index (χ0) is 21.2. The molecule has 1 aliphatic rings. The van der Waals surface area contributed by atoms with Crippen LogP contribution < -0.4 is 15.4 Å². The lowest BCUT2D eigenvalue weighted by Crippen LogP contribution is -2.39. The molecular formula is C22H28F2N4O2. The van der Waals surface area contributed by atoms with Gasteiger partial charge in [-0.3, -0.25) is 9.89 Å². The molecule has 0 amide bonds. The van der Waals surface area contributed by atoms with E-state index in [0.717, 1.165) is 38.9 Å². The van der Waals surface area contributed by atoms with Crippen LogP contribution >= 0.6 is 0 Å². The lowest BCUT2D eigenvalue weighted by Gasteiger charge is -2.27. The number of nitrogens with one attached hydrogen (secondary N) is 2. The Bertz CT molecular complexity index is 842. The molecule has 30 heavy (non-hydrogen) atoms.